The maximum atomic E-state index is 13.0. The third kappa shape index (κ3) is 4.66. The fraction of sp³-hybridized carbons (Fsp3) is 0.389. The van der Waals surface area contributed by atoms with Gasteiger partial charge in [-0.15, -0.1) is 0 Å². The van der Waals surface area contributed by atoms with E-state index < -0.39 is 12.0 Å². The summed E-state index contributed by atoms with van der Waals surface area (Å²) in [6.45, 7) is 3.47. The van der Waals surface area contributed by atoms with E-state index in [0.717, 1.165) is 13.1 Å². The Hall–Kier alpha value is -2.22. The van der Waals surface area contributed by atoms with Gasteiger partial charge in [0.2, 0.25) is 0 Å². The molecule has 1 unspecified atom stereocenters. The van der Waals surface area contributed by atoms with Crippen molar-refractivity contribution in [3.05, 3.63) is 48.2 Å². The van der Waals surface area contributed by atoms with Gasteiger partial charge in [0.1, 0.15) is 5.82 Å². The number of amides is 1. The molecule has 1 fully saturated rings. The monoisotopic (exact) mass is 348 g/mol. The molecule has 2 N–H and O–H groups in total. The van der Waals surface area contributed by atoms with Crippen molar-refractivity contribution in [2.45, 2.75) is 6.10 Å². The van der Waals surface area contributed by atoms with Gasteiger partial charge in [-0.05, 0) is 23.8 Å². The highest BCUT2D eigenvalue weighted by Crippen LogP contribution is 2.25. The van der Waals surface area contributed by atoms with E-state index >= 15 is 0 Å². The van der Waals surface area contributed by atoms with Crippen LogP contribution in [0.15, 0.2) is 41.0 Å². The predicted octanol–water partition coefficient (Wildman–Crippen LogP) is 1.51. The van der Waals surface area contributed by atoms with Crippen LogP contribution >= 0.6 is 0 Å². The number of hydrogen-bond acceptors (Lipinski definition) is 5. The number of nitrogens with one attached hydrogen (secondary N) is 1. The molecule has 0 spiro atoms. The lowest BCUT2D eigenvalue weighted by molar-refractivity contribution is 0.0148. The first-order valence-corrected chi connectivity index (χ1v) is 8.23. The van der Waals surface area contributed by atoms with Crippen molar-refractivity contribution in [3.8, 4) is 11.1 Å². The van der Waals surface area contributed by atoms with Gasteiger partial charge in [0.05, 0.1) is 25.6 Å². The number of aliphatic hydroxyl groups is 1. The van der Waals surface area contributed by atoms with Gasteiger partial charge in [-0.3, -0.25) is 9.69 Å². The van der Waals surface area contributed by atoms with Crippen molar-refractivity contribution < 1.29 is 23.4 Å². The van der Waals surface area contributed by atoms with Crippen LogP contribution < -0.4 is 5.32 Å². The minimum atomic E-state index is -0.675. The maximum Gasteiger partial charge on any atom is 0.287 e. The summed E-state index contributed by atoms with van der Waals surface area (Å²) in [6, 6.07) is 7.49. The smallest absolute Gasteiger partial charge is 0.287 e. The Labute approximate surface area is 145 Å². The first-order chi connectivity index (χ1) is 12.1. The first-order valence-electron chi connectivity index (χ1n) is 8.23. The molecule has 134 valence electrons. The summed E-state index contributed by atoms with van der Waals surface area (Å²) >= 11 is 0. The molecule has 0 bridgehead atoms. The first kappa shape index (κ1) is 17.6. The van der Waals surface area contributed by atoms with E-state index in [1.807, 2.05) is 0 Å². The SMILES string of the molecule is O=C(NCC(O)CN1CCOCC1)c1occc1-c1ccc(F)cc1. The van der Waals surface area contributed by atoms with Crippen LogP contribution in [0.3, 0.4) is 0 Å². The number of morpholine rings is 1. The molecule has 1 saturated heterocycles. The zero-order valence-electron chi connectivity index (χ0n) is 13.8. The Bertz CT molecular complexity index is 695. The summed E-state index contributed by atoms with van der Waals surface area (Å²) in [7, 11) is 0. The van der Waals surface area contributed by atoms with Crippen LogP contribution in [0.4, 0.5) is 4.39 Å². The number of halogens is 1. The average molecular weight is 348 g/mol. The summed E-state index contributed by atoms with van der Waals surface area (Å²) in [4.78, 5) is 14.4. The molecule has 1 aliphatic rings. The molecule has 1 atom stereocenters. The normalized spacial score (nSPS) is 16.6. The van der Waals surface area contributed by atoms with Crippen LogP contribution in [-0.4, -0.2) is 61.4 Å². The fourth-order valence-electron chi connectivity index (χ4n) is 2.78. The van der Waals surface area contributed by atoms with Crippen LogP contribution in [0.2, 0.25) is 0 Å². The molecule has 1 amide bonds. The molecular formula is C18H21FN2O4. The summed E-state index contributed by atoms with van der Waals surface area (Å²) in [5.41, 5.74) is 1.27. The second kappa shape index (κ2) is 8.24. The molecule has 3 rings (SSSR count). The third-order valence-corrected chi connectivity index (χ3v) is 4.10. The zero-order chi connectivity index (χ0) is 17.6. The quantitative estimate of drug-likeness (QED) is 0.828. The number of rotatable bonds is 6. The van der Waals surface area contributed by atoms with Crippen molar-refractivity contribution in [2.24, 2.45) is 0 Å². The molecule has 25 heavy (non-hydrogen) atoms. The number of nitrogens with zero attached hydrogens (tertiary/aromatic N) is 1. The minimum Gasteiger partial charge on any atom is -0.459 e. The van der Waals surface area contributed by atoms with Gasteiger partial charge < -0.3 is 19.6 Å². The van der Waals surface area contributed by atoms with E-state index in [1.54, 1.807) is 18.2 Å². The summed E-state index contributed by atoms with van der Waals surface area (Å²) in [5, 5.41) is 12.8. The molecule has 0 saturated carbocycles. The van der Waals surface area contributed by atoms with Gasteiger partial charge in [0.25, 0.3) is 5.91 Å². The van der Waals surface area contributed by atoms with Gasteiger partial charge in [0, 0.05) is 31.7 Å². The molecule has 7 heteroatoms. The highest BCUT2D eigenvalue weighted by Gasteiger charge is 2.19. The van der Waals surface area contributed by atoms with E-state index in [-0.39, 0.29) is 18.1 Å². The minimum absolute atomic E-state index is 0.125. The molecule has 0 aliphatic carbocycles. The molecule has 1 aliphatic heterocycles. The van der Waals surface area contributed by atoms with Crippen LogP contribution in [0.1, 0.15) is 10.6 Å². The van der Waals surface area contributed by atoms with E-state index in [4.69, 9.17) is 9.15 Å². The Balaban J connectivity index is 1.56. The van der Waals surface area contributed by atoms with Gasteiger partial charge in [-0.2, -0.15) is 0 Å². The third-order valence-electron chi connectivity index (χ3n) is 4.10. The number of benzene rings is 1. The molecule has 0 radical (unpaired) electrons. The topological polar surface area (TPSA) is 74.9 Å². The maximum absolute atomic E-state index is 13.0. The number of aliphatic hydroxyl groups excluding tert-OH is 1. The Kier molecular flexibility index (Phi) is 5.80. The number of ether oxygens (including phenoxy) is 1. The van der Waals surface area contributed by atoms with Crippen molar-refractivity contribution >= 4 is 5.91 Å². The van der Waals surface area contributed by atoms with E-state index in [0.29, 0.717) is 30.9 Å². The lowest BCUT2D eigenvalue weighted by Crippen LogP contribution is -2.44. The van der Waals surface area contributed by atoms with Crippen LogP contribution in [0.25, 0.3) is 11.1 Å². The fourth-order valence-corrected chi connectivity index (χ4v) is 2.78. The lowest BCUT2D eigenvalue weighted by Gasteiger charge is -2.28. The largest absolute Gasteiger partial charge is 0.459 e. The number of carbonyl (C=O) groups is 1. The average Bonchev–Trinajstić information content (AvgIpc) is 3.11. The number of β-amino-alcohol motifs (C(OH)–C–C–N with tert-alkyl or cyclic N) is 1. The standard InChI is InChI=1S/C18H21FN2O4/c19-14-3-1-13(2-4-14)16-5-8-25-17(16)18(23)20-11-15(22)12-21-6-9-24-10-7-21/h1-5,8,15,22H,6-7,9-12H2,(H,20,23). The Morgan fingerprint density at radius 1 is 1.24 bits per heavy atom. The van der Waals surface area contributed by atoms with Crippen LogP contribution in [0, 0.1) is 5.82 Å². The molecule has 1 aromatic heterocycles. The van der Waals surface area contributed by atoms with E-state index in [1.165, 1.54) is 18.4 Å². The Morgan fingerprint density at radius 2 is 1.96 bits per heavy atom. The van der Waals surface area contributed by atoms with Crippen LogP contribution in [0.5, 0.6) is 0 Å². The Morgan fingerprint density at radius 3 is 2.68 bits per heavy atom. The summed E-state index contributed by atoms with van der Waals surface area (Å²) in [6.07, 6.45) is 0.740. The molecular weight excluding hydrogens is 327 g/mol. The summed E-state index contributed by atoms with van der Waals surface area (Å²) in [5.74, 6) is -0.611. The molecule has 2 heterocycles. The number of carbonyl (C=O) groups excluding carboxylic acids is 1. The van der Waals surface area contributed by atoms with Gasteiger partial charge >= 0.3 is 0 Å². The van der Waals surface area contributed by atoms with Gasteiger partial charge in [-0.25, -0.2) is 4.39 Å². The van der Waals surface area contributed by atoms with Crippen molar-refractivity contribution in [3.63, 3.8) is 0 Å². The van der Waals surface area contributed by atoms with Crippen LogP contribution in [-0.2, 0) is 4.74 Å². The van der Waals surface area contributed by atoms with E-state index in [2.05, 4.69) is 10.2 Å². The molecule has 2 aromatic rings. The summed E-state index contributed by atoms with van der Waals surface area (Å²) < 4.78 is 23.6. The second-order valence-electron chi connectivity index (χ2n) is 5.95. The van der Waals surface area contributed by atoms with Crippen molar-refractivity contribution in [1.82, 2.24) is 10.2 Å². The van der Waals surface area contributed by atoms with Gasteiger partial charge in [-0.1, -0.05) is 12.1 Å². The lowest BCUT2D eigenvalue weighted by atomic mass is 10.1. The van der Waals surface area contributed by atoms with E-state index in [9.17, 15) is 14.3 Å². The highest BCUT2D eigenvalue weighted by atomic mass is 19.1. The molecule has 1 aromatic carbocycles. The highest BCUT2D eigenvalue weighted by molar-refractivity contribution is 5.98. The van der Waals surface area contributed by atoms with Crippen molar-refractivity contribution in [2.75, 3.05) is 39.4 Å². The van der Waals surface area contributed by atoms with Crippen molar-refractivity contribution in [1.29, 1.82) is 0 Å². The number of hydrogen-bond donors (Lipinski definition) is 2. The molecule has 6 nitrogen and oxygen atoms in total. The zero-order valence-corrected chi connectivity index (χ0v) is 13.8. The second-order valence-corrected chi connectivity index (χ2v) is 5.95. The van der Waals surface area contributed by atoms with Gasteiger partial charge in [0.15, 0.2) is 5.76 Å². The number of furan rings is 1. The predicted molar refractivity (Wildman–Crippen MR) is 89.7 cm³/mol.